The lowest BCUT2D eigenvalue weighted by atomic mass is 10.2. The summed E-state index contributed by atoms with van der Waals surface area (Å²) in [6.45, 7) is 9.15. The second kappa shape index (κ2) is 5.83. The van der Waals surface area contributed by atoms with E-state index in [0.29, 0.717) is 25.6 Å². The van der Waals surface area contributed by atoms with E-state index in [4.69, 9.17) is 4.74 Å². The first-order valence-corrected chi connectivity index (χ1v) is 6.98. The van der Waals surface area contributed by atoms with Gasteiger partial charge in [-0.3, -0.25) is 0 Å². The fourth-order valence-corrected chi connectivity index (χ4v) is 2.20. The van der Waals surface area contributed by atoms with Crippen molar-refractivity contribution in [2.24, 2.45) is 0 Å². The molecule has 1 amide bonds. The molecule has 0 aliphatic carbocycles. The van der Waals surface area contributed by atoms with Gasteiger partial charge in [-0.15, -0.1) is 0 Å². The average molecular weight is 296 g/mol. The van der Waals surface area contributed by atoms with E-state index >= 15 is 0 Å². The topological polar surface area (TPSA) is 58.6 Å². The molecule has 0 N–H and O–H groups in total. The Hall–Kier alpha value is -1.92. The molecule has 0 saturated carbocycles. The molecule has 1 aliphatic rings. The summed E-state index contributed by atoms with van der Waals surface area (Å²) in [4.78, 5) is 23.7. The molecule has 7 heteroatoms. The molecule has 0 unspecified atom stereocenters. The first-order valence-electron chi connectivity index (χ1n) is 6.98. The molecule has 0 spiro atoms. The van der Waals surface area contributed by atoms with Crippen LogP contribution in [0.25, 0.3) is 0 Å². The summed E-state index contributed by atoms with van der Waals surface area (Å²) in [7, 11) is 0. The van der Waals surface area contributed by atoms with Crippen LogP contribution in [0.15, 0.2) is 12.4 Å². The Kier molecular flexibility index (Phi) is 4.29. The zero-order valence-electron chi connectivity index (χ0n) is 12.8. The number of halogens is 1. The quantitative estimate of drug-likeness (QED) is 0.794. The van der Waals surface area contributed by atoms with E-state index in [9.17, 15) is 9.18 Å². The van der Waals surface area contributed by atoms with Gasteiger partial charge in [-0.05, 0) is 27.7 Å². The molecule has 2 rings (SSSR count). The fraction of sp³-hybridized carbons (Fsp3) is 0.643. The predicted octanol–water partition coefficient (Wildman–Crippen LogP) is 2.06. The van der Waals surface area contributed by atoms with Crippen molar-refractivity contribution < 1.29 is 13.9 Å². The highest BCUT2D eigenvalue weighted by molar-refractivity contribution is 5.68. The average Bonchev–Trinajstić information content (AvgIpc) is 2.38. The van der Waals surface area contributed by atoms with Crippen LogP contribution in [0.4, 0.5) is 15.1 Å². The van der Waals surface area contributed by atoms with Crippen molar-refractivity contribution in [2.45, 2.75) is 39.3 Å². The summed E-state index contributed by atoms with van der Waals surface area (Å²) in [5, 5.41) is 0. The molecule has 1 atom stereocenters. The lowest BCUT2D eigenvalue weighted by Gasteiger charge is -2.40. The Morgan fingerprint density at radius 3 is 2.48 bits per heavy atom. The molecule has 0 aromatic carbocycles. The van der Waals surface area contributed by atoms with Gasteiger partial charge < -0.3 is 14.5 Å². The molecular weight excluding hydrogens is 275 g/mol. The van der Waals surface area contributed by atoms with Gasteiger partial charge in [-0.2, -0.15) is 0 Å². The normalized spacial score (nSPS) is 19.6. The summed E-state index contributed by atoms with van der Waals surface area (Å²) < 4.78 is 18.2. The van der Waals surface area contributed by atoms with E-state index in [2.05, 4.69) is 9.97 Å². The third-order valence-corrected chi connectivity index (χ3v) is 3.14. The van der Waals surface area contributed by atoms with E-state index in [-0.39, 0.29) is 12.1 Å². The number of hydrogen-bond acceptors (Lipinski definition) is 5. The van der Waals surface area contributed by atoms with Gasteiger partial charge in [0.2, 0.25) is 5.95 Å². The number of amides is 1. The van der Waals surface area contributed by atoms with Gasteiger partial charge in [-0.1, -0.05) is 0 Å². The highest BCUT2D eigenvalue weighted by Crippen LogP contribution is 2.18. The van der Waals surface area contributed by atoms with Crippen molar-refractivity contribution in [3.63, 3.8) is 0 Å². The second-order valence-corrected chi connectivity index (χ2v) is 6.17. The minimum absolute atomic E-state index is 0.0386. The van der Waals surface area contributed by atoms with Gasteiger partial charge in [-0.25, -0.2) is 19.2 Å². The molecule has 6 nitrogen and oxygen atoms in total. The number of carbonyl (C=O) groups is 1. The monoisotopic (exact) mass is 296 g/mol. The number of nitrogens with zero attached hydrogens (tertiary/aromatic N) is 4. The third-order valence-electron chi connectivity index (χ3n) is 3.14. The maximum Gasteiger partial charge on any atom is 0.410 e. The lowest BCUT2D eigenvalue weighted by molar-refractivity contribution is 0.0218. The second-order valence-electron chi connectivity index (χ2n) is 6.17. The molecule has 0 bridgehead atoms. The molecule has 1 aromatic heterocycles. The Balaban J connectivity index is 1.99. The molecule has 2 heterocycles. The zero-order chi connectivity index (χ0) is 15.6. The number of hydrogen-bond donors (Lipinski definition) is 0. The van der Waals surface area contributed by atoms with Gasteiger partial charge in [0, 0.05) is 25.7 Å². The van der Waals surface area contributed by atoms with Crippen LogP contribution in [-0.2, 0) is 4.74 Å². The van der Waals surface area contributed by atoms with E-state index < -0.39 is 11.4 Å². The summed E-state index contributed by atoms with van der Waals surface area (Å²) in [6.07, 6.45) is 1.99. The lowest BCUT2D eigenvalue weighted by Crippen LogP contribution is -2.55. The Bertz CT molecular complexity index is 501. The zero-order valence-corrected chi connectivity index (χ0v) is 12.8. The van der Waals surface area contributed by atoms with Gasteiger partial charge >= 0.3 is 6.09 Å². The van der Waals surface area contributed by atoms with Gasteiger partial charge in [0.05, 0.1) is 12.4 Å². The van der Waals surface area contributed by atoms with Crippen molar-refractivity contribution in [2.75, 3.05) is 24.5 Å². The van der Waals surface area contributed by atoms with E-state index in [1.165, 1.54) is 0 Å². The van der Waals surface area contributed by atoms with E-state index in [1.54, 1.807) is 4.90 Å². The number of piperazine rings is 1. The van der Waals surface area contributed by atoms with Crippen LogP contribution in [0, 0.1) is 5.82 Å². The van der Waals surface area contributed by atoms with Crippen LogP contribution < -0.4 is 4.90 Å². The first-order chi connectivity index (χ1) is 9.76. The molecule has 1 aliphatic heterocycles. The molecular formula is C14H21FN4O2. The third kappa shape index (κ3) is 4.03. The van der Waals surface area contributed by atoms with Crippen LogP contribution in [0.5, 0.6) is 0 Å². The molecule has 0 radical (unpaired) electrons. The fourth-order valence-electron chi connectivity index (χ4n) is 2.20. The molecule has 1 fully saturated rings. The number of carbonyl (C=O) groups excluding carboxylic acids is 1. The van der Waals surface area contributed by atoms with Crippen molar-refractivity contribution in [3.8, 4) is 0 Å². The summed E-state index contributed by atoms with van der Waals surface area (Å²) in [6, 6.07) is 0.0386. The maximum absolute atomic E-state index is 12.9. The van der Waals surface area contributed by atoms with Crippen LogP contribution in [-0.4, -0.2) is 52.2 Å². The van der Waals surface area contributed by atoms with Gasteiger partial charge in [0.15, 0.2) is 5.82 Å². The van der Waals surface area contributed by atoms with Gasteiger partial charge in [0.25, 0.3) is 0 Å². The van der Waals surface area contributed by atoms with Crippen molar-refractivity contribution in [1.82, 2.24) is 14.9 Å². The maximum atomic E-state index is 12.9. The Labute approximate surface area is 123 Å². The minimum atomic E-state index is -0.502. The highest BCUT2D eigenvalue weighted by atomic mass is 19.1. The smallest absolute Gasteiger partial charge is 0.410 e. The summed E-state index contributed by atoms with van der Waals surface area (Å²) in [5.74, 6) is 0.0199. The Morgan fingerprint density at radius 1 is 1.33 bits per heavy atom. The van der Waals surface area contributed by atoms with Crippen LogP contribution in [0.2, 0.25) is 0 Å². The minimum Gasteiger partial charge on any atom is -0.444 e. The van der Waals surface area contributed by atoms with Gasteiger partial charge in [0.1, 0.15) is 5.60 Å². The Morgan fingerprint density at radius 2 is 1.95 bits per heavy atom. The number of rotatable bonds is 1. The van der Waals surface area contributed by atoms with Crippen molar-refractivity contribution in [1.29, 1.82) is 0 Å². The molecule has 21 heavy (non-hydrogen) atoms. The van der Waals surface area contributed by atoms with E-state index in [0.717, 1.165) is 12.4 Å². The number of aromatic nitrogens is 2. The first kappa shape index (κ1) is 15.5. The van der Waals surface area contributed by atoms with Crippen molar-refractivity contribution in [3.05, 3.63) is 18.2 Å². The SMILES string of the molecule is C[C@@H]1CN(C(=O)OC(C)(C)C)CCN1c1ncc(F)cn1. The molecule has 1 aromatic rings. The number of ether oxygens (including phenoxy) is 1. The van der Waals surface area contributed by atoms with E-state index in [1.807, 2.05) is 32.6 Å². The summed E-state index contributed by atoms with van der Waals surface area (Å²) in [5.41, 5.74) is -0.502. The van der Waals surface area contributed by atoms with Crippen LogP contribution in [0.3, 0.4) is 0 Å². The van der Waals surface area contributed by atoms with Crippen LogP contribution in [0.1, 0.15) is 27.7 Å². The number of anilines is 1. The molecule has 1 saturated heterocycles. The van der Waals surface area contributed by atoms with Crippen LogP contribution >= 0.6 is 0 Å². The highest BCUT2D eigenvalue weighted by Gasteiger charge is 2.30. The predicted molar refractivity (Wildman–Crippen MR) is 76.6 cm³/mol. The standard InChI is InChI=1S/C14H21FN4O2/c1-10-9-18(13(20)21-14(2,3)4)5-6-19(10)12-16-7-11(15)8-17-12/h7-8,10H,5-6,9H2,1-4H3/t10-/m1/s1. The van der Waals surface area contributed by atoms with Crippen molar-refractivity contribution >= 4 is 12.0 Å². The molecule has 116 valence electrons. The largest absolute Gasteiger partial charge is 0.444 e. The summed E-state index contributed by atoms with van der Waals surface area (Å²) >= 11 is 0.